The van der Waals surface area contributed by atoms with Crippen LogP contribution in [0.15, 0.2) is 6.20 Å². The van der Waals surface area contributed by atoms with Crippen molar-refractivity contribution in [3.63, 3.8) is 0 Å². The van der Waals surface area contributed by atoms with Gasteiger partial charge in [0.05, 0.1) is 7.11 Å². The van der Waals surface area contributed by atoms with Gasteiger partial charge in [0.1, 0.15) is 11.9 Å². The van der Waals surface area contributed by atoms with Gasteiger partial charge in [-0.3, -0.25) is 0 Å². The first-order valence-corrected chi connectivity index (χ1v) is 8.18. The van der Waals surface area contributed by atoms with Gasteiger partial charge in [0.25, 0.3) is 0 Å². The Kier molecular flexibility index (Phi) is 3.82. The van der Waals surface area contributed by atoms with Crippen molar-refractivity contribution in [2.75, 3.05) is 18.6 Å². The maximum Gasteiger partial charge on any atom is 0.328 e. The highest BCUT2D eigenvalue weighted by Crippen LogP contribution is 2.36. The minimum absolute atomic E-state index is 0.120. The molecular formula is C14H20N2O2S. The fourth-order valence-electron chi connectivity index (χ4n) is 3.18. The Labute approximate surface area is 117 Å². The Balaban J connectivity index is 1.94. The number of esters is 1. The van der Waals surface area contributed by atoms with E-state index < -0.39 is 0 Å². The number of methoxy groups -OCH3 is 1. The van der Waals surface area contributed by atoms with Crippen molar-refractivity contribution in [3.8, 4) is 0 Å². The van der Waals surface area contributed by atoms with E-state index in [1.807, 2.05) is 18.0 Å². The molecule has 2 aliphatic rings. The van der Waals surface area contributed by atoms with E-state index in [-0.39, 0.29) is 12.0 Å². The molecule has 0 amide bonds. The van der Waals surface area contributed by atoms with Gasteiger partial charge in [-0.2, -0.15) is 11.8 Å². The van der Waals surface area contributed by atoms with Gasteiger partial charge >= 0.3 is 5.97 Å². The van der Waals surface area contributed by atoms with Crippen LogP contribution in [0.25, 0.3) is 0 Å². The molecule has 0 spiro atoms. The number of carbonyl (C=O) groups is 1. The Morgan fingerprint density at radius 3 is 2.95 bits per heavy atom. The summed E-state index contributed by atoms with van der Waals surface area (Å²) in [6.07, 6.45) is 7.27. The predicted octanol–water partition coefficient (Wildman–Crippen LogP) is 2.54. The number of thioether (sulfide) groups is 1. The van der Waals surface area contributed by atoms with E-state index in [1.165, 1.54) is 37.2 Å². The molecule has 0 radical (unpaired) electrons. The van der Waals surface area contributed by atoms with Gasteiger partial charge in [0.2, 0.25) is 0 Å². The van der Waals surface area contributed by atoms with Gasteiger partial charge in [-0.15, -0.1) is 0 Å². The van der Waals surface area contributed by atoms with Gasteiger partial charge in [-0.25, -0.2) is 9.78 Å². The Morgan fingerprint density at radius 2 is 2.21 bits per heavy atom. The Bertz CT molecular complexity index is 466. The van der Waals surface area contributed by atoms with Crippen molar-refractivity contribution in [1.82, 2.24) is 9.55 Å². The molecule has 0 N–H and O–H groups in total. The second kappa shape index (κ2) is 5.57. The molecule has 4 nitrogen and oxygen atoms in total. The smallest absolute Gasteiger partial charge is 0.328 e. The van der Waals surface area contributed by atoms with Crippen LogP contribution in [-0.2, 0) is 16.0 Å². The van der Waals surface area contributed by atoms with Crippen LogP contribution < -0.4 is 0 Å². The van der Waals surface area contributed by atoms with Crippen molar-refractivity contribution in [2.24, 2.45) is 0 Å². The third-order valence-corrected chi connectivity index (χ3v) is 5.23. The van der Waals surface area contributed by atoms with E-state index in [1.54, 1.807) is 0 Å². The molecule has 2 aliphatic heterocycles. The van der Waals surface area contributed by atoms with Crippen LogP contribution in [-0.4, -0.2) is 34.1 Å². The average Bonchev–Trinajstić information content (AvgIpc) is 2.91. The molecule has 1 aromatic heterocycles. The Morgan fingerprint density at radius 1 is 1.42 bits per heavy atom. The molecule has 3 heterocycles. The zero-order valence-electron chi connectivity index (χ0n) is 11.3. The molecule has 1 saturated heterocycles. The molecule has 1 aromatic rings. The summed E-state index contributed by atoms with van der Waals surface area (Å²) in [6.45, 7) is 0. The number of fused-ring (bicyclic) bond motifs is 1. The third kappa shape index (κ3) is 2.40. The van der Waals surface area contributed by atoms with Gasteiger partial charge in [0.15, 0.2) is 0 Å². The largest absolute Gasteiger partial charge is 0.467 e. The lowest BCUT2D eigenvalue weighted by Crippen LogP contribution is -2.29. The van der Waals surface area contributed by atoms with E-state index in [9.17, 15) is 4.79 Å². The average molecular weight is 280 g/mol. The lowest BCUT2D eigenvalue weighted by Gasteiger charge is -2.29. The fourth-order valence-corrected chi connectivity index (χ4v) is 4.29. The summed E-state index contributed by atoms with van der Waals surface area (Å²) in [4.78, 5) is 16.6. The summed E-state index contributed by atoms with van der Waals surface area (Å²) in [5, 5.41) is 0. The summed E-state index contributed by atoms with van der Waals surface area (Å²) in [6, 6.07) is -0.152. The molecule has 0 bridgehead atoms. The molecule has 0 saturated carbocycles. The number of carbonyl (C=O) groups excluding carboxylic acids is 1. The predicted molar refractivity (Wildman–Crippen MR) is 75.5 cm³/mol. The van der Waals surface area contributed by atoms with Crippen LogP contribution in [0.2, 0.25) is 0 Å². The highest BCUT2D eigenvalue weighted by atomic mass is 32.2. The SMILES string of the molecule is COC(=O)C1CCCc2cnc(C3CCSCC3)n21. The van der Waals surface area contributed by atoms with E-state index in [4.69, 9.17) is 4.74 Å². The Hall–Kier alpha value is -0.970. The molecule has 1 fully saturated rings. The van der Waals surface area contributed by atoms with Gasteiger partial charge < -0.3 is 9.30 Å². The molecule has 1 unspecified atom stereocenters. The van der Waals surface area contributed by atoms with Crippen molar-refractivity contribution < 1.29 is 9.53 Å². The number of rotatable bonds is 2. The maximum absolute atomic E-state index is 12.0. The first-order chi connectivity index (χ1) is 9.31. The minimum atomic E-state index is -0.152. The lowest BCUT2D eigenvalue weighted by atomic mass is 9.98. The minimum Gasteiger partial charge on any atom is -0.467 e. The summed E-state index contributed by atoms with van der Waals surface area (Å²) in [5.41, 5.74) is 1.20. The number of aryl methyl sites for hydroxylation is 1. The standard InChI is InChI=1S/C14H20N2O2S/c1-18-14(17)12-4-2-3-11-9-15-13(16(11)12)10-5-7-19-8-6-10/h9-10,12H,2-8H2,1H3. The first kappa shape index (κ1) is 13.0. The molecule has 0 aliphatic carbocycles. The van der Waals surface area contributed by atoms with Crippen LogP contribution in [0.3, 0.4) is 0 Å². The number of ether oxygens (including phenoxy) is 1. The molecule has 3 rings (SSSR count). The van der Waals surface area contributed by atoms with Crippen LogP contribution >= 0.6 is 11.8 Å². The molecule has 0 aromatic carbocycles. The topological polar surface area (TPSA) is 44.1 Å². The highest BCUT2D eigenvalue weighted by Gasteiger charge is 2.32. The number of hydrogen-bond acceptors (Lipinski definition) is 4. The number of imidazole rings is 1. The molecule has 5 heteroatoms. The molecule has 19 heavy (non-hydrogen) atoms. The molecular weight excluding hydrogens is 260 g/mol. The van der Waals surface area contributed by atoms with Gasteiger partial charge in [-0.05, 0) is 43.6 Å². The van der Waals surface area contributed by atoms with Crippen molar-refractivity contribution in [3.05, 3.63) is 17.7 Å². The van der Waals surface area contributed by atoms with E-state index >= 15 is 0 Å². The van der Waals surface area contributed by atoms with Crippen LogP contribution in [0.4, 0.5) is 0 Å². The van der Waals surface area contributed by atoms with Crippen LogP contribution in [0.5, 0.6) is 0 Å². The van der Waals surface area contributed by atoms with E-state index in [0.29, 0.717) is 5.92 Å². The fraction of sp³-hybridized carbons (Fsp3) is 0.714. The molecule has 104 valence electrons. The monoisotopic (exact) mass is 280 g/mol. The summed E-state index contributed by atoms with van der Waals surface area (Å²) < 4.78 is 7.14. The number of nitrogens with zero attached hydrogens (tertiary/aromatic N) is 2. The molecule has 1 atom stereocenters. The summed E-state index contributed by atoms with van der Waals surface area (Å²) in [5.74, 6) is 3.92. The normalized spacial score (nSPS) is 23.9. The van der Waals surface area contributed by atoms with Crippen LogP contribution in [0.1, 0.15) is 49.2 Å². The van der Waals surface area contributed by atoms with Crippen LogP contribution in [0, 0.1) is 0 Å². The van der Waals surface area contributed by atoms with E-state index in [2.05, 4.69) is 9.55 Å². The summed E-state index contributed by atoms with van der Waals surface area (Å²) >= 11 is 2.02. The van der Waals surface area contributed by atoms with E-state index in [0.717, 1.165) is 25.1 Å². The van der Waals surface area contributed by atoms with Crippen molar-refractivity contribution in [2.45, 2.75) is 44.1 Å². The second-order valence-corrected chi connectivity index (χ2v) is 6.52. The highest BCUT2D eigenvalue weighted by molar-refractivity contribution is 7.99. The van der Waals surface area contributed by atoms with Gasteiger partial charge in [0, 0.05) is 17.8 Å². The first-order valence-electron chi connectivity index (χ1n) is 7.03. The number of hydrogen-bond donors (Lipinski definition) is 0. The quantitative estimate of drug-likeness (QED) is 0.781. The third-order valence-electron chi connectivity index (χ3n) is 4.18. The number of aromatic nitrogens is 2. The van der Waals surface area contributed by atoms with Crippen molar-refractivity contribution >= 4 is 17.7 Å². The maximum atomic E-state index is 12.0. The lowest BCUT2D eigenvalue weighted by molar-refractivity contribution is -0.145. The van der Waals surface area contributed by atoms with Gasteiger partial charge in [-0.1, -0.05) is 0 Å². The van der Waals surface area contributed by atoms with Crippen molar-refractivity contribution in [1.29, 1.82) is 0 Å². The summed E-state index contributed by atoms with van der Waals surface area (Å²) in [7, 11) is 1.48. The zero-order valence-corrected chi connectivity index (χ0v) is 12.1. The zero-order chi connectivity index (χ0) is 13.2. The second-order valence-electron chi connectivity index (χ2n) is 5.30.